The molecule has 4 heteroatoms. The van der Waals surface area contributed by atoms with Crippen LogP contribution in [-0.2, 0) is 0 Å². The molecule has 0 aromatic heterocycles. The molecule has 0 spiro atoms. The van der Waals surface area contributed by atoms with Gasteiger partial charge in [0.15, 0.2) is 0 Å². The summed E-state index contributed by atoms with van der Waals surface area (Å²) < 4.78 is 5.69. The second-order valence-electron chi connectivity index (χ2n) is 4.21. The van der Waals surface area contributed by atoms with Gasteiger partial charge in [0.2, 0.25) is 0 Å². The van der Waals surface area contributed by atoms with E-state index in [9.17, 15) is 5.21 Å². The second-order valence-corrected chi connectivity index (χ2v) is 4.21. The van der Waals surface area contributed by atoms with Crippen molar-refractivity contribution in [2.45, 2.75) is 18.9 Å². The summed E-state index contributed by atoms with van der Waals surface area (Å²) in [4.78, 5) is 2.33. The number of likely N-dealkylation sites (tertiary alicyclic amines) is 1. The van der Waals surface area contributed by atoms with Crippen molar-refractivity contribution in [3.05, 3.63) is 29.5 Å². The zero-order valence-electron chi connectivity index (χ0n) is 9.48. The lowest BCUT2D eigenvalue weighted by atomic mass is 10.2. The maximum absolute atomic E-state index is 10.4. The molecule has 1 N–H and O–H groups in total. The van der Waals surface area contributed by atoms with Crippen LogP contribution in [0.2, 0.25) is 0 Å². The number of nitrogens with one attached hydrogen (secondary N) is 1. The zero-order chi connectivity index (χ0) is 11.4. The average Bonchev–Trinajstić information content (AvgIpc) is 2.73. The van der Waals surface area contributed by atoms with Gasteiger partial charge < -0.3 is 20.3 Å². The van der Waals surface area contributed by atoms with Gasteiger partial charge in [-0.1, -0.05) is 0 Å². The van der Waals surface area contributed by atoms with E-state index in [2.05, 4.69) is 11.9 Å². The highest BCUT2D eigenvalue weighted by Crippen LogP contribution is 2.19. The van der Waals surface area contributed by atoms with Crippen molar-refractivity contribution in [3.8, 4) is 5.75 Å². The molecule has 1 atom stereocenters. The minimum atomic E-state index is 0.525. The van der Waals surface area contributed by atoms with Gasteiger partial charge in [0.1, 0.15) is 12.4 Å². The maximum Gasteiger partial charge on any atom is 0.119 e. The molecule has 0 unspecified atom stereocenters. The molecule has 0 amide bonds. The van der Waals surface area contributed by atoms with Crippen molar-refractivity contribution in [2.75, 3.05) is 25.7 Å². The van der Waals surface area contributed by atoms with E-state index >= 15 is 0 Å². The molecule has 4 nitrogen and oxygen atoms in total. The smallest absolute Gasteiger partial charge is 0.119 e. The standard InChI is InChI=1S/C12H17N2O2/c1-14-8-2-3-11(14)9-16-12-6-4-10(13-15)5-7-12/h4-7,11,13H,2-3,8-9H2,1H3/q-1/t11-/m0/s1. The van der Waals surface area contributed by atoms with Crippen LogP contribution in [0.1, 0.15) is 12.8 Å². The Morgan fingerprint density at radius 3 is 2.75 bits per heavy atom. The van der Waals surface area contributed by atoms with Gasteiger partial charge in [-0.15, -0.1) is 0 Å². The highest BCUT2D eigenvalue weighted by molar-refractivity contribution is 5.46. The van der Waals surface area contributed by atoms with Crippen LogP contribution in [0.15, 0.2) is 24.3 Å². The monoisotopic (exact) mass is 221 g/mol. The molecule has 1 aliphatic heterocycles. The molecule has 2 rings (SSSR count). The van der Waals surface area contributed by atoms with E-state index in [1.807, 2.05) is 17.6 Å². The number of ether oxygens (including phenoxy) is 1. The van der Waals surface area contributed by atoms with E-state index in [1.54, 1.807) is 12.1 Å². The summed E-state index contributed by atoms with van der Waals surface area (Å²) in [6.45, 7) is 1.88. The predicted octanol–water partition coefficient (Wildman–Crippen LogP) is 2.07. The summed E-state index contributed by atoms with van der Waals surface area (Å²) in [5.41, 5.74) is 2.41. The molecule has 0 bridgehead atoms. The number of likely N-dealkylation sites (N-methyl/N-ethyl adjacent to an activating group) is 1. The van der Waals surface area contributed by atoms with Crippen LogP contribution in [0, 0.1) is 5.21 Å². The fourth-order valence-electron chi connectivity index (χ4n) is 2.00. The third-order valence-electron chi connectivity index (χ3n) is 3.09. The van der Waals surface area contributed by atoms with Gasteiger partial charge in [-0.25, -0.2) is 0 Å². The lowest BCUT2D eigenvalue weighted by Crippen LogP contribution is -2.30. The van der Waals surface area contributed by atoms with E-state index in [0.717, 1.165) is 18.9 Å². The fraction of sp³-hybridized carbons (Fsp3) is 0.500. The van der Waals surface area contributed by atoms with Crippen LogP contribution >= 0.6 is 0 Å². The Balaban J connectivity index is 1.84. The van der Waals surface area contributed by atoms with Crippen molar-refractivity contribution in [1.29, 1.82) is 0 Å². The molecule has 16 heavy (non-hydrogen) atoms. The van der Waals surface area contributed by atoms with Gasteiger partial charge in [0, 0.05) is 11.7 Å². The summed E-state index contributed by atoms with van der Waals surface area (Å²) in [6.07, 6.45) is 2.46. The second kappa shape index (κ2) is 5.18. The van der Waals surface area contributed by atoms with Crippen LogP contribution in [0.5, 0.6) is 5.75 Å². The lowest BCUT2D eigenvalue weighted by Gasteiger charge is -2.19. The molecule has 1 aromatic carbocycles. The van der Waals surface area contributed by atoms with Gasteiger partial charge in [-0.05, 0) is 50.7 Å². The first kappa shape index (κ1) is 11.2. The molecular formula is C12H17N2O2-. The summed E-state index contributed by atoms with van der Waals surface area (Å²) in [7, 11) is 2.13. The Morgan fingerprint density at radius 1 is 1.44 bits per heavy atom. The van der Waals surface area contributed by atoms with E-state index in [1.165, 1.54) is 12.8 Å². The molecule has 0 aliphatic carbocycles. The fourth-order valence-corrected chi connectivity index (χ4v) is 2.00. The molecule has 0 saturated carbocycles. The van der Waals surface area contributed by atoms with Crippen molar-refractivity contribution >= 4 is 5.69 Å². The summed E-state index contributed by atoms with van der Waals surface area (Å²) in [5.74, 6) is 0.819. The molecule has 1 saturated heterocycles. The average molecular weight is 221 g/mol. The van der Waals surface area contributed by atoms with Crippen molar-refractivity contribution in [3.63, 3.8) is 0 Å². The first-order valence-corrected chi connectivity index (χ1v) is 5.61. The molecule has 0 radical (unpaired) electrons. The molecule has 1 aromatic rings. The SMILES string of the molecule is CN1CCC[C@H]1COc1ccc(N[O-])cc1. The minimum absolute atomic E-state index is 0.525. The van der Waals surface area contributed by atoms with E-state index in [0.29, 0.717) is 11.7 Å². The van der Waals surface area contributed by atoms with Crippen LogP contribution < -0.4 is 10.2 Å². The first-order valence-electron chi connectivity index (χ1n) is 5.61. The Labute approximate surface area is 95.8 Å². The van der Waals surface area contributed by atoms with Gasteiger partial charge >= 0.3 is 0 Å². The topological polar surface area (TPSA) is 47.6 Å². The van der Waals surface area contributed by atoms with Gasteiger partial charge in [0.05, 0.1) is 0 Å². The number of rotatable bonds is 4. The molecule has 1 fully saturated rings. The largest absolute Gasteiger partial charge is 0.761 e. The number of hydrogen-bond donors (Lipinski definition) is 1. The van der Waals surface area contributed by atoms with Crippen molar-refractivity contribution < 1.29 is 4.74 Å². The number of nitrogens with zero attached hydrogens (tertiary/aromatic N) is 1. The quantitative estimate of drug-likeness (QED) is 0.791. The summed E-state index contributed by atoms with van der Waals surface area (Å²) in [6, 6.07) is 7.60. The molecule has 88 valence electrons. The minimum Gasteiger partial charge on any atom is -0.761 e. The highest BCUT2D eigenvalue weighted by Gasteiger charge is 2.20. The van der Waals surface area contributed by atoms with Crippen LogP contribution in [0.25, 0.3) is 0 Å². The van der Waals surface area contributed by atoms with Gasteiger partial charge in [0.25, 0.3) is 0 Å². The summed E-state index contributed by atoms with van der Waals surface area (Å²) >= 11 is 0. The van der Waals surface area contributed by atoms with E-state index in [-0.39, 0.29) is 0 Å². The van der Waals surface area contributed by atoms with E-state index in [4.69, 9.17) is 4.74 Å². The van der Waals surface area contributed by atoms with Gasteiger partial charge in [-0.3, -0.25) is 0 Å². The first-order chi connectivity index (χ1) is 7.79. The maximum atomic E-state index is 10.4. The van der Waals surface area contributed by atoms with Crippen LogP contribution in [0.3, 0.4) is 0 Å². The van der Waals surface area contributed by atoms with Crippen molar-refractivity contribution in [1.82, 2.24) is 4.90 Å². The predicted molar refractivity (Wildman–Crippen MR) is 64.6 cm³/mol. The Morgan fingerprint density at radius 2 is 2.19 bits per heavy atom. The number of benzene rings is 1. The highest BCUT2D eigenvalue weighted by atomic mass is 16.5. The van der Waals surface area contributed by atoms with E-state index < -0.39 is 0 Å². The Hall–Kier alpha value is -1.26. The van der Waals surface area contributed by atoms with Gasteiger partial charge in [-0.2, -0.15) is 0 Å². The summed E-state index contributed by atoms with van der Waals surface area (Å²) in [5, 5.41) is 10.4. The molecular weight excluding hydrogens is 204 g/mol. The van der Waals surface area contributed by atoms with Crippen LogP contribution in [-0.4, -0.2) is 31.1 Å². The molecule has 1 heterocycles. The lowest BCUT2D eigenvalue weighted by molar-refractivity contribution is 0.198. The number of hydrogen-bond acceptors (Lipinski definition) is 4. The molecule has 1 aliphatic rings. The Kier molecular flexibility index (Phi) is 3.64. The zero-order valence-corrected chi connectivity index (χ0v) is 9.48. The van der Waals surface area contributed by atoms with Crippen molar-refractivity contribution in [2.24, 2.45) is 0 Å². The third-order valence-corrected chi connectivity index (χ3v) is 3.09. The third kappa shape index (κ3) is 2.65. The van der Waals surface area contributed by atoms with Crippen LogP contribution in [0.4, 0.5) is 5.69 Å². The normalized spacial score (nSPS) is 21.0. The number of anilines is 1. The Bertz CT molecular complexity index is 326.